The Balaban J connectivity index is 2.28. The fraction of sp³-hybridized carbons (Fsp3) is 0.154. The van der Waals surface area contributed by atoms with Crippen molar-refractivity contribution in [1.82, 2.24) is 4.98 Å². The average molecular weight is 356 g/mol. The van der Waals surface area contributed by atoms with E-state index in [-0.39, 0.29) is 0 Å². The molecule has 0 spiro atoms. The Morgan fingerprint density at radius 2 is 1.76 bits per heavy atom. The molecule has 0 aliphatic rings. The van der Waals surface area contributed by atoms with Crippen molar-refractivity contribution >= 4 is 43.4 Å². The molecule has 0 atom stereocenters. The van der Waals surface area contributed by atoms with E-state index in [1.54, 1.807) is 0 Å². The molecule has 0 fully saturated rings. The van der Waals surface area contributed by atoms with Crippen molar-refractivity contribution in [2.24, 2.45) is 0 Å². The molecule has 4 heteroatoms. The van der Waals surface area contributed by atoms with Gasteiger partial charge in [-0.3, -0.25) is 0 Å². The molecule has 88 valence electrons. The van der Waals surface area contributed by atoms with Gasteiger partial charge in [-0.05, 0) is 75.5 Å². The summed E-state index contributed by atoms with van der Waals surface area (Å²) in [5, 5.41) is 3.29. The van der Waals surface area contributed by atoms with E-state index >= 15 is 0 Å². The first kappa shape index (κ1) is 12.6. The molecular weight excluding hydrogens is 344 g/mol. The van der Waals surface area contributed by atoms with Crippen LogP contribution in [0.2, 0.25) is 0 Å². The summed E-state index contributed by atoms with van der Waals surface area (Å²) in [6, 6.07) is 10.1. The zero-order valence-electron chi connectivity index (χ0n) is 9.59. The predicted molar refractivity (Wildman–Crippen MR) is 78.8 cm³/mol. The number of pyridine rings is 1. The zero-order chi connectivity index (χ0) is 12.4. The molecule has 0 saturated heterocycles. The third-order valence-electron chi connectivity index (χ3n) is 2.41. The Hall–Kier alpha value is -0.870. The predicted octanol–water partition coefficient (Wildman–Crippen LogP) is 4.97. The van der Waals surface area contributed by atoms with Crippen LogP contribution in [0.1, 0.15) is 11.3 Å². The SMILES string of the molecule is Cc1ccc(Nc2ccc(Br)c(C)n2)c(Br)c1. The lowest BCUT2D eigenvalue weighted by Crippen LogP contribution is -1.96. The smallest absolute Gasteiger partial charge is 0.130 e. The second-order valence-corrected chi connectivity index (χ2v) is 5.58. The monoisotopic (exact) mass is 354 g/mol. The van der Waals surface area contributed by atoms with Gasteiger partial charge >= 0.3 is 0 Å². The van der Waals surface area contributed by atoms with Gasteiger partial charge < -0.3 is 5.32 Å². The maximum absolute atomic E-state index is 4.45. The standard InChI is InChI=1S/C13H12Br2N2/c1-8-3-5-12(11(15)7-8)17-13-6-4-10(14)9(2)16-13/h3-7H,1-2H3,(H,16,17). The summed E-state index contributed by atoms with van der Waals surface area (Å²) < 4.78 is 2.06. The van der Waals surface area contributed by atoms with Gasteiger partial charge in [0.05, 0.1) is 11.4 Å². The van der Waals surface area contributed by atoms with E-state index in [4.69, 9.17) is 0 Å². The fourth-order valence-corrected chi connectivity index (χ4v) is 2.29. The highest BCUT2D eigenvalue weighted by atomic mass is 79.9. The number of aryl methyl sites for hydroxylation is 2. The third-order valence-corrected chi connectivity index (χ3v) is 3.90. The molecule has 0 unspecified atom stereocenters. The minimum Gasteiger partial charge on any atom is -0.339 e. The Morgan fingerprint density at radius 1 is 1.00 bits per heavy atom. The number of aromatic nitrogens is 1. The van der Waals surface area contributed by atoms with Crippen molar-refractivity contribution in [2.75, 3.05) is 5.32 Å². The van der Waals surface area contributed by atoms with Crippen molar-refractivity contribution < 1.29 is 0 Å². The van der Waals surface area contributed by atoms with Gasteiger partial charge in [-0.2, -0.15) is 0 Å². The molecule has 17 heavy (non-hydrogen) atoms. The van der Waals surface area contributed by atoms with Crippen LogP contribution in [0.3, 0.4) is 0 Å². The number of anilines is 2. The van der Waals surface area contributed by atoms with Crippen LogP contribution < -0.4 is 5.32 Å². The minimum absolute atomic E-state index is 0.843. The highest BCUT2D eigenvalue weighted by Gasteiger charge is 2.03. The van der Waals surface area contributed by atoms with Gasteiger partial charge in [0.25, 0.3) is 0 Å². The van der Waals surface area contributed by atoms with E-state index in [2.05, 4.69) is 61.2 Å². The molecule has 1 aromatic heterocycles. The Bertz CT molecular complexity index is 553. The van der Waals surface area contributed by atoms with Crippen LogP contribution in [0.25, 0.3) is 0 Å². The first-order chi connectivity index (χ1) is 8.06. The molecular formula is C13H12Br2N2. The molecule has 1 aromatic carbocycles. The molecule has 0 radical (unpaired) electrons. The molecule has 0 saturated carbocycles. The summed E-state index contributed by atoms with van der Waals surface area (Å²) in [5.41, 5.74) is 3.21. The zero-order valence-corrected chi connectivity index (χ0v) is 12.8. The summed E-state index contributed by atoms with van der Waals surface area (Å²) in [6.07, 6.45) is 0. The van der Waals surface area contributed by atoms with Gasteiger partial charge in [0, 0.05) is 8.95 Å². The van der Waals surface area contributed by atoms with Crippen molar-refractivity contribution in [3.05, 3.63) is 50.5 Å². The number of hydrogen-bond acceptors (Lipinski definition) is 2. The molecule has 0 bridgehead atoms. The second-order valence-electron chi connectivity index (χ2n) is 3.87. The Kier molecular flexibility index (Phi) is 3.84. The molecule has 2 rings (SSSR count). The van der Waals surface area contributed by atoms with Crippen LogP contribution in [0.15, 0.2) is 39.3 Å². The Morgan fingerprint density at radius 3 is 2.41 bits per heavy atom. The third kappa shape index (κ3) is 3.07. The summed E-state index contributed by atoms with van der Waals surface area (Å²) in [7, 11) is 0. The first-order valence-corrected chi connectivity index (χ1v) is 6.81. The van der Waals surface area contributed by atoms with Gasteiger partial charge in [-0.15, -0.1) is 0 Å². The van der Waals surface area contributed by atoms with Gasteiger partial charge in [-0.1, -0.05) is 6.07 Å². The van der Waals surface area contributed by atoms with Crippen LogP contribution in [0, 0.1) is 13.8 Å². The van der Waals surface area contributed by atoms with E-state index in [0.29, 0.717) is 0 Å². The summed E-state index contributed by atoms with van der Waals surface area (Å²) in [5.74, 6) is 0.843. The van der Waals surface area contributed by atoms with Gasteiger partial charge in [-0.25, -0.2) is 4.98 Å². The maximum Gasteiger partial charge on any atom is 0.130 e. The molecule has 1 heterocycles. The molecule has 0 aliphatic carbocycles. The maximum atomic E-state index is 4.45. The number of rotatable bonds is 2. The normalized spacial score (nSPS) is 10.4. The summed E-state index contributed by atoms with van der Waals surface area (Å²) in [4.78, 5) is 4.45. The lowest BCUT2D eigenvalue weighted by atomic mass is 10.2. The molecule has 0 aliphatic heterocycles. The van der Waals surface area contributed by atoms with E-state index in [1.807, 2.05) is 25.1 Å². The fourth-order valence-electron chi connectivity index (χ4n) is 1.47. The van der Waals surface area contributed by atoms with Gasteiger partial charge in [0.15, 0.2) is 0 Å². The van der Waals surface area contributed by atoms with Crippen LogP contribution in [0.5, 0.6) is 0 Å². The largest absolute Gasteiger partial charge is 0.339 e. The van der Waals surface area contributed by atoms with Crippen LogP contribution in [0.4, 0.5) is 11.5 Å². The molecule has 2 aromatic rings. The highest BCUT2D eigenvalue weighted by Crippen LogP contribution is 2.27. The lowest BCUT2D eigenvalue weighted by Gasteiger charge is -2.09. The van der Waals surface area contributed by atoms with Crippen LogP contribution in [-0.4, -0.2) is 4.98 Å². The quantitative estimate of drug-likeness (QED) is 0.822. The number of nitrogens with one attached hydrogen (secondary N) is 1. The van der Waals surface area contributed by atoms with Gasteiger partial charge in [0.2, 0.25) is 0 Å². The number of hydrogen-bond donors (Lipinski definition) is 1. The lowest BCUT2D eigenvalue weighted by molar-refractivity contribution is 1.18. The number of benzene rings is 1. The first-order valence-electron chi connectivity index (χ1n) is 5.22. The van der Waals surface area contributed by atoms with Crippen LogP contribution in [-0.2, 0) is 0 Å². The van der Waals surface area contributed by atoms with Crippen molar-refractivity contribution in [2.45, 2.75) is 13.8 Å². The topological polar surface area (TPSA) is 24.9 Å². The molecule has 0 amide bonds. The average Bonchev–Trinajstić information content (AvgIpc) is 2.27. The Labute approximate surface area is 118 Å². The second kappa shape index (κ2) is 5.19. The van der Waals surface area contributed by atoms with Gasteiger partial charge in [0.1, 0.15) is 5.82 Å². The number of nitrogens with zero attached hydrogens (tertiary/aromatic N) is 1. The van der Waals surface area contributed by atoms with E-state index in [0.717, 1.165) is 26.1 Å². The summed E-state index contributed by atoms with van der Waals surface area (Å²) >= 11 is 6.98. The van der Waals surface area contributed by atoms with Crippen LogP contribution >= 0.6 is 31.9 Å². The molecule has 2 nitrogen and oxygen atoms in total. The summed E-state index contributed by atoms with van der Waals surface area (Å²) in [6.45, 7) is 4.04. The van der Waals surface area contributed by atoms with Crippen molar-refractivity contribution in [3.63, 3.8) is 0 Å². The number of halogens is 2. The van der Waals surface area contributed by atoms with E-state index in [9.17, 15) is 0 Å². The van der Waals surface area contributed by atoms with Crippen molar-refractivity contribution in [3.8, 4) is 0 Å². The highest BCUT2D eigenvalue weighted by molar-refractivity contribution is 9.10. The minimum atomic E-state index is 0.843. The van der Waals surface area contributed by atoms with E-state index in [1.165, 1.54) is 5.56 Å². The van der Waals surface area contributed by atoms with E-state index < -0.39 is 0 Å². The molecule has 1 N–H and O–H groups in total. The van der Waals surface area contributed by atoms with Crippen molar-refractivity contribution in [1.29, 1.82) is 0 Å².